The zero-order valence-corrected chi connectivity index (χ0v) is 9.42. The van der Waals surface area contributed by atoms with E-state index in [-0.39, 0.29) is 18.5 Å². The Morgan fingerprint density at radius 2 is 2.06 bits per heavy atom. The van der Waals surface area contributed by atoms with Gasteiger partial charge in [-0.05, 0) is 24.6 Å². The number of hydrogen-bond acceptors (Lipinski definition) is 2. The maximum absolute atomic E-state index is 12.6. The molecule has 6 heteroatoms. The molecule has 0 aliphatic rings. The highest BCUT2D eigenvalue weighted by Gasteiger charge is 2.31. The van der Waals surface area contributed by atoms with Crippen molar-refractivity contribution in [1.29, 1.82) is 0 Å². The molecule has 0 fully saturated rings. The molecule has 0 aliphatic carbocycles. The average molecular weight is 262 g/mol. The third-order valence-electron chi connectivity index (χ3n) is 2.11. The summed E-state index contributed by atoms with van der Waals surface area (Å²) in [7, 11) is 0. The maximum atomic E-state index is 12.6. The van der Waals surface area contributed by atoms with E-state index >= 15 is 0 Å². The summed E-state index contributed by atoms with van der Waals surface area (Å²) in [5, 5.41) is 0. The second kappa shape index (κ2) is 5.66. The molecule has 1 rings (SSSR count). The van der Waals surface area contributed by atoms with Crippen molar-refractivity contribution >= 4 is 11.5 Å². The Morgan fingerprint density at radius 3 is 2.56 bits per heavy atom. The van der Waals surface area contributed by atoms with E-state index in [1.165, 1.54) is 13.0 Å². The Bertz CT molecular complexity index is 463. The molecule has 0 aliphatic heterocycles. The minimum atomic E-state index is -4.55. The van der Waals surface area contributed by atoms with Gasteiger partial charge >= 0.3 is 12.1 Å². The number of hydrogen-bond donors (Lipinski definition) is 0. The van der Waals surface area contributed by atoms with Crippen molar-refractivity contribution in [1.82, 2.24) is 0 Å². The van der Waals surface area contributed by atoms with Crippen molar-refractivity contribution in [3.8, 4) is 0 Å². The van der Waals surface area contributed by atoms with E-state index in [0.29, 0.717) is 6.07 Å². The minimum absolute atomic E-state index is 0.00906. The highest BCUT2D eigenvalue weighted by molar-refractivity contribution is 6.16. The number of esters is 1. The molecule has 0 saturated heterocycles. The van der Waals surface area contributed by atoms with Gasteiger partial charge in [-0.2, -0.15) is 13.2 Å². The molecule has 1 aromatic rings. The van der Waals surface area contributed by atoms with Crippen LogP contribution in [0.15, 0.2) is 30.6 Å². The highest BCUT2D eigenvalue weighted by atomic mass is 19.4. The summed E-state index contributed by atoms with van der Waals surface area (Å²) in [4.78, 5) is 11.3. The molecule has 2 nitrogen and oxygen atoms in total. The number of ether oxygens (including phenoxy) is 1. The van der Waals surface area contributed by atoms with Crippen molar-refractivity contribution < 1.29 is 27.1 Å². The van der Waals surface area contributed by atoms with Crippen LogP contribution in [0.1, 0.15) is 18.1 Å². The number of carbonyl (C=O) groups is 1. The summed E-state index contributed by atoms with van der Waals surface area (Å²) in [5.74, 6) is -1.00. The van der Waals surface area contributed by atoms with Crippen LogP contribution in [0.3, 0.4) is 0 Å². The van der Waals surface area contributed by atoms with Gasteiger partial charge in [-0.15, -0.1) is 0 Å². The van der Waals surface area contributed by atoms with Crippen LogP contribution in [-0.2, 0) is 15.7 Å². The topological polar surface area (TPSA) is 26.3 Å². The maximum Gasteiger partial charge on any atom is 0.416 e. The van der Waals surface area contributed by atoms with Crippen molar-refractivity contribution in [2.24, 2.45) is 0 Å². The van der Waals surface area contributed by atoms with Crippen LogP contribution in [0, 0.1) is 0 Å². The fourth-order valence-electron chi connectivity index (χ4n) is 1.30. The van der Waals surface area contributed by atoms with E-state index in [4.69, 9.17) is 0 Å². The van der Waals surface area contributed by atoms with E-state index in [1.54, 1.807) is 0 Å². The van der Waals surface area contributed by atoms with E-state index in [1.807, 2.05) is 0 Å². The third kappa shape index (κ3) is 3.32. The highest BCUT2D eigenvalue weighted by Crippen LogP contribution is 2.31. The van der Waals surface area contributed by atoms with Gasteiger partial charge in [0.2, 0.25) is 0 Å². The lowest BCUT2D eigenvalue weighted by molar-refractivity contribution is -0.138. The van der Waals surface area contributed by atoms with Gasteiger partial charge in [0.15, 0.2) is 0 Å². The molecular weight excluding hydrogens is 252 g/mol. The first-order chi connectivity index (χ1) is 8.40. The monoisotopic (exact) mass is 262 g/mol. The number of alkyl halides is 3. The average Bonchev–Trinajstić information content (AvgIpc) is 2.29. The molecule has 1 aromatic carbocycles. The summed E-state index contributed by atoms with van der Waals surface area (Å²) < 4.78 is 54.5. The molecule has 0 saturated carbocycles. The first-order valence-corrected chi connectivity index (χ1v) is 5.05. The normalized spacial score (nSPS) is 12.4. The van der Waals surface area contributed by atoms with Gasteiger partial charge in [0.25, 0.3) is 0 Å². The molecule has 18 heavy (non-hydrogen) atoms. The van der Waals surface area contributed by atoms with Crippen LogP contribution < -0.4 is 0 Å². The van der Waals surface area contributed by atoms with Crippen molar-refractivity contribution in [2.75, 3.05) is 6.61 Å². The van der Waals surface area contributed by atoms with E-state index in [0.717, 1.165) is 12.1 Å². The Hall–Kier alpha value is -1.85. The van der Waals surface area contributed by atoms with E-state index in [9.17, 15) is 22.4 Å². The van der Waals surface area contributed by atoms with Gasteiger partial charge in [-0.3, -0.25) is 0 Å². The van der Waals surface area contributed by atoms with Gasteiger partial charge in [-0.25, -0.2) is 9.18 Å². The first kappa shape index (κ1) is 14.2. The largest absolute Gasteiger partial charge is 0.462 e. The van der Waals surface area contributed by atoms with Gasteiger partial charge in [-0.1, -0.05) is 12.1 Å². The molecule has 0 atom stereocenters. The Labute approximate surface area is 101 Å². The lowest BCUT2D eigenvalue weighted by atomic mass is 10.0. The van der Waals surface area contributed by atoms with Crippen LogP contribution in [0.25, 0.3) is 5.57 Å². The zero-order chi connectivity index (χ0) is 13.8. The summed E-state index contributed by atoms with van der Waals surface area (Å²) in [6, 6.07) is 3.84. The lowest BCUT2D eigenvalue weighted by Crippen LogP contribution is -2.09. The number of halogens is 4. The number of rotatable bonds is 3. The van der Waals surface area contributed by atoms with E-state index < -0.39 is 23.3 Å². The van der Waals surface area contributed by atoms with Crippen molar-refractivity contribution in [2.45, 2.75) is 13.1 Å². The molecule has 0 heterocycles. The predicted molar refractivity (Wildman–Crippen MR) is 57.2 cm³/mol. The smallest absolute Gasteiger partial charge is 0.416 e. The number of benzene rings is 1. The van der Waals surface area contributed by atoms with Gasteiger partial charge < -0.3 is 4.74 Å². The fraction of sp³-hybridized carbons (Fsp3) is 0.250. The number of carbonyl (C=O) groups excluding carboxylic acids is 1. The quantitative estimate of drug-likeness (QED) is 0.473. The van der Waals surface area contributed by atoms with Gasteiger partial charge in [0.05, 0.1) is 17.7 Å². The summed E-state index contributed by atoms with van der Waals surface area (Å²) >= 11 is 0. The van der Waals surface area contributed by atoms with Crippen LogP contribution in [0.2, 0.25) is 0 Å². The van der Waals surface area contributed by atoms with E-state index in [2.05, 4.69) is 4.74 Å². The molecule has 0 amide bonds. The second-order valence-electron chi connectivity index (χ2n) is 3.32. The van der Waals surface area contributed by atoms with Gasteiger partial charge in [0, 0.05) is 0 Å². The lowest BCUT2D eigenvalue weighted by Gasteiger charge is -2.10. The second-order valence-corrected chi connectivity index (χ2v) is 3.32. The Morgan fingerprint density at radius 1 is 1.39 bits per heavy atom. The zero-order valence-electron chi connectivity index (χ0n) is 9.42. The van der Waals surface area contributed by atoms with Crippen LogP contribution in [-0.4, -0.2) is 12.6 Å². The minimum Gasteiger partial charge on any atom is -0.462 e. The molecule has 0 N–H and O–H groups in total. The summed E-state index contributed by atoms with van der Waals surface area (Å²) in [6.07, 6.45) is -4.61. The van der Waals surface area contributed by atoms with Crippen LogP contribution in [0.5, 0.6) is 0 Å². The molecule has 0 bridgehead atoms. The predicted octanol–water partition coefficient (Wildman–Crippen LogP) is 3.58. The molecule has 0 spiro atoms. The SMILES string of the molecule is CCOC(=O)C(=CF)c1cccc(C(F)(F)F)c1. The summed E-state index contributed by atoms with van der Waals surface area (Å²) in [6.45, 7) is 1.52. The van der Waals surface area contributed by atoms with Crippen LogP contribution in [0.4, 0.5) is 17.6 Å². The van der Waals surface area contributed by atoms with Crippen molar-refractivity contribution in [3.63, 3.8) is 0 Å². The molecule has 0 aromatic heterocycles. The fourth-order valence-corrected chi connectivity index (χ4v) is 1.30. The first-order valence-electron chi connectivity index (χ1n) is 5.05. The van der Waals surface area contributed by atoms with Crippen LogP contribution >= 0.6 is 0 Å². The van der Waals surface area contributed by atoms with Crippen molar-refractivity contribution in [3.05, 3.63) is 41.7 Å². The molecule has 98 valence electrons. The molecule has 0 unspecified atom stereocenters. The van der Waals surface area contributed by atoms with Gasteiger partial charge in [0.1, 0.15) is 6.33 Å². The molecular formula is C12H10F4O2. The third-order valence-corrected chi connectivity index (χ3v) is 2.11. The Kier molecular flexibility index (Phi) is 4.47. The standard InChI is InChI=1S/C12H10F4O2/c1-2-18-11(17)10(7-13)8-4-3-5-9(6-8)12(14,15)16/h3-7H,2H2,1H3. The Balaban J connectivity index is 3.13. The summed E-state index contributed by atoms with van der Waals surface area (Å²) in [5.41, 5.74) is -1.67. The molecule has 0 radical (unpaired) electrons.